The van der Waals surface area contributed by atoms with Crippen molar-refractivity contribution < 1.29 is 9.53 Å². The Morgan fingerprint density at radius 3 is 2.44 bits per heavy atom. The number of H-pyrrole nitrogens is 1. The average Bonchev–Trinajstić information content (AvgIpc) is 2.74. The largest absolute Gasteiger partial charge is 0.381 e. The van der Waals surface area contributed by atoms with Crippen LogP contribution in [0.1, 0.15) is 67.5 Å². The van der Waals surface area contributed by atoms with Gasteiger partial charge in [0.05, 0.1) is 0 Å². The highest BCUT2D eigenvalue weighted by atomic mass is 79.9. The highest BCUT2D eigenvalue weighted by Crippen LogP contribution is 2.33. The van der Waals surface area contributed by atoms with Crippen molar-refractivity contribution in [2.45, 2.75) is 65.8 Å². The van der Waals surface area contributed by atoms with Gasteiger partial charge in [-0.1, -0.05) is 29.8 Å². The van der Waals surface area contributed by atoms with E-state index in [-0.39, 0.29) is 12.0 Å². The monoisotopic (exact) mass is 505 g/mol. The van der Waals surface area contributed by atoms with Crippen molar-refractivity contribution in [1.82, 2.24) is 4.98 Å². The van der Waals surface area contributed by atoms with Crippen molar-refractivity contribution >= 4 is 28.0 Å². The summed E-state index contributed by atoms with van der Waals surface area (Å²) >= 11 is 3.72. The molecule has 1 amide bonds. The fourth-order valence-corrected chi connectivity index (χ4v) is 4.95. The van der Waals surface area contributed by atoms with Gasteiger partial charge in [-0.3, -0.25) is 9.59 Å². The Bertz CT molecular complexity index is 966. The molecule has 176 valence electrons. The molecule has 1 aromatic carbocycles. The maximum Gasteiger partial charge on any atom is 0.251 e. The summed E-state index contributed by atoms with van der Waals surface area (Å²) in [4.78, 5) is 26.9. The topological polar surface area (TPSA) is 88.4 Å². The van der Waals surface area contributed by atoms with Crippen LogP contribution in [0.25, 0.3) is 0 Å². The van der Waals surface area contributed by atoms with Gasteiger partial charge in [0, 0.05) is 53.6 Å². The fourth-order valence-electron chi connectivity index (χ4n) is 4.45. The first kappa shape index (κ1) is 26.1. The lowest BCUT2D eigenvalue weighted by molar-refractivity contribution is -0.106. The molecule has 3 N–H and O–H groups in total. The van der Waals surface area contributed by atoms with Crippen LogP contribution < -0.4 is 16.2 Å². The lowest BCUT2D eigenvalue weighted by Gasteiger charge is -2.37. The summed E-state index contributed by atoms with van der Waals surface area (Å²) in [5.74, 6) is 0.312. The van der Waals surface area contributed by atoms with Crippen LogP contribution >= 0.6 is 15.9 Å². The Balaban J connectivity index is 0.00000114. The number of primary amides is 1. The number of aromatic nitrogens is 1. The zero-order valence-corrected chi connectivity index (χ0v) is 21.4. The molecule has 6 nitrogen and oxygen atoms in total. The number of carbonyl (C=O) groups is 1. The summed E-state index contributed by atoms with van der Waals surface area (Å²) in [6.07, 6.45) is 3.02. The number of rotatable bonds is 6. The van der Waals surface area contributed by atoms with E-state index in [1.165, 1.54) is 16.8 Å². The van der Waals surface area contributed by atoms with E-state index < -0.39 is 0 Å². The molecule has 2 aromatic rings. The van der Waals surface area contributed by atoms with Crippen LogP contribution in [0.5, 0.6) is 0 Å². The number of halogens is 1. The molecule has 3 rings (SSSR count). The van der Waals surface area contributed by atoms with Crippen LogP contribution in [-0.4, -0.2) is 37.2 Å². The van der Waals surface area contributed by atoms with Crippen molar-refractivity contribution in [1.29, 1.82) is 0 Å². The zero-order valence-electron chi connectivity index (χ0n) is 19.8. The van der Waals surface area contributed by atoms with Gasteiger partial charge in [0.25, 0.3) is 5.56 Å². The third kappa shape index (κ3) is 6.45. The number of amides is 1. The highest BCUT2D eigenvalue weighted by Gasteiger charge is 2.23. The summed E-state index contributed by atoms with van der Waals surface area (Å²) in [5, 5.41) is 0. The number of aromatic amines is 1. The second kappa shape index (κ2) is 12.2. The number of anilines is 1. The summed E-state index contributed by atoms with van der Waals surface area (Å²) in [7, 11) is 0. The third-order valence-electron chi connectivity index (χ3n) is 6.03. The minimum atomic E-state index is 0.0337. The fraction of sp³-hybridized carbons (Fsp3) is 0.520. The molecule has 1 aromatic heterocycles. The number of hydrogen-bond donors (Lipinski definition) is 2. The van der Waals surface area contributed by atoms with Gasteiger partial charge >= 0.3 is 0 Å². The zero-order chi connectivity index (χ0) is 23.8. The van der Waals surface area contributed by atoms with Gasteiger partial charge in [-0.15, -0.1) is 0 Å². The van der Waals surface area contributed by atoms with Gasteiger partial charge in [0.15, 0.2) is 0 Å². The number of carbonyl (C=O) groups excluding carboxylic acids is 1. The van der Waals surface area contributed by atoms with Gasteiger partial charge in [-0.2, -0.15) is 0 Å². The van der Waals surface area contributed by atoms with E-state index in [4.69, 9.17) is 9.53 Å². The number of benzene rings is 1. The van der Waals surface area contributed by atoms with Crippen LogP contribution in [0.2, 0.25) is 0 Å². The predicted molar refractivity (Wildman–Crippen MR) is 135 cm³/mol. The van der Waals surface area contributed by atoms with E-state index in [0.717, 1.165) is 53.9 Å². The van der Waals surface area contributed by atoms with E-state index in [9.17, 15) is 4.79 Å². The Morgan fingerprint density at radius 1 is 1.25 bits per heavy atom. The number of pyridine rings is 1. The molecular weight excluding hydrogens is 470 g/mol. The molecular formula is C25H36BrN3O3. The molecule has 7 heteroatoms. The van der Waals surface area contributed by atoms with Crippen LogP contribution in [0.3, 0.4) is 0 Å². The third-order valence-corrected chi connectivity index (χ3v) is 6.49. The second-order valence-electron chi connectivity index (χ2n) is 8.52. The van der Waals surface area contributed by atoms with Crippen LogP contribution in [-0.2, 0) is 16.0 Å². The normalized spacial score (nSPS) is 14.1. The molecule has 0 radical (unpaired) electrons. The van der Waals surface area contributed by atoms with Crippen molar-refractivity contribution in [3.8, 4) is 0 Å². The molecule has 0 unspecified atom stereocenters. The first-order chi connectivity index (χ1) is 15.2. The smallest absolute Gasteiger partial charge is 0.251 e. The Kier molecular flexibility index (Phi) is 9.97. The van der Waals surface area contributed by atoms with Crippen molar-refractivity contribution in [3.63, 3.8) is 0 Å². The minimum absolute atomic E-state index is 0.0337. The molecule has 0 spiro atoms. The number of nitrogens with two attached hydrogens (primary N) is 1. The average molecular weight is 506 g/mol. The summed E-state index contributed by atoms with van der Waals surface area (Å²) in [6, 6.07) is 7.01. The molecule has 1 aliphatic heterocycles. The van der Waals surface area contributed by atoms with Crippen LogP contribution in [0.15, 0.2) is 27.5 Å². The van der Waals surface area contributed by atoms with E-state index in [1.54, 1.807) is 0 Å². The Labute approximate surface area is 199 Å². The highest BCUT2D eigenvalue weighted by molar-refractivity contribution is 9.10. The molecule has 0 saturated carbocycles. The molecule has 1 saturated heterocycles. The van der Waals surface area contributed by atoms with Crippen molar-refractivity contribution in [3.05, 3.63) is 61.0 Å². The number of hydrogen-bond acceptors (Lipinski definition) is 4. The summed E-state index contributed by atoms with van der Waals surface area (Å²) in [6.45, 7) is 13.3. The SMILES string of the molecule is CCN(c1cc(Br)cc(Cc2c(C(C)C)cc(C)[nH]c2=O)c1C)C1CCOCC1.NC=O. The van der Waals surface area contributed by atoms with Gasteiger partial charge in [0.1, 0.15) is 0 Å². The van der Waals surface area contributed by atoms with Gasteiger partial charge in [-0.05, 0) is 74.4 Å². The van der Waals surface area contributed by atoms with Gasteiger partial charge in [-0.25, -0.2) is 0 Å². The lowest BCUT2D eigenvalue weighted by Crippen LogP contribution is -2.40. The van der Waals surface area contributed by atoms with E-state index in [1.807, 2.05) is 6.92 Å². The molecule has 1 aliphatic rings. The quantitative estimate of drug-likeness (QED) is 0.562. The van der Waals surface area contributed by atoms with Crippen LogP contribution in [0.4, 0.5) is 5.69 Å². The molecule has 0 bridgehead atoms. The van der Waals surface area contributed by atoms with Gasteiger partial charge < -0.3 is 20.4 Å². The van der Waals surface area contributed by atoms with Gasteiger partial charge in [0.2, 0.25) is 6.41 Å². The Hall–Kier alpha value is -2.12. The maximum atomic E-state index is 12.8. The summed E-state index contributed by atoms with van der Waals surface area (Å²) in [5.41, 5.74) is 10.9. The molecule has 0 aliphatic carbocycles. The first-order valence-corrected chi connectivity index (χ1v) is 12.0. The lowest BCUT2D eigenvalue weighted by atomic mass is 9.91. The minimum Gasteiger partial charge on any atom is -0.381 e. The van der Waals surface area contributed by atoms with E-state index in [0.29, 0.717) is 18.4 Å². The number of aryl methyl sites for hydroxylation is 1. The number of ether oxygens (including phenoxy) is 1. The Morgan fingerprint density at radius 2 is 1.88 bits per heavy atom. The van der Waals surface area contributed by atoms with E-state index >= 15 is 0 Å². The molecule has 32 heavy (non-hydrogen) atoms. The van der Waals surface area contributed by atoms with Crippen molar-refractivity contribution in [2.75, 3.05) is 24.7 Å². The second-order valence-corrected chi connectivity index (χ2v) is 9.44. The van der Waals surface area contributed by atoms with Crippen LogP contribution in [0, 0.1) is 13.8 Å². The molecule has 1 fully saturated rings. The summed E-state index contributed by atoms with van der Waals surface area (Å²) < 4.78 is 6.63. The standard InChI is InChI=1S/C24H33BrN2O2.CH3NO/c1-6-27(20-7-9-29-10-8-20)23-14-19(25)12-18(17(23)5)13-22-21(15(2)3)11-16(4)26-24(22)28;2-1-3/h11-12,14-15,20H,6-10,13H2,1-5H3,(H,26,28);1H,(H2,2,3). The molecule has 2 heterocycles. The van der Waals surface area contributed by atoms with E-state index in [2.05, 4.69) is 77.4 Å². The maximum absolute atomic E-state index is 12.8. The molecule has 0 atom stereocenters. The first-order valence-electron chi connectivity index (χ1n) is 11.2. The van der Waals surface area contributed by atoms with Crippen molar-refractivity contribution in [2.24, 2.45) is 5.73 Å². The number of nitrogens with one attached hydrogen (secondary N) is 1. The predicted octanol–water partition coefficient (Wildman–Crippen LogP) is 4.58. The number of nitrogens with zero attached hydrogens (tertiary/aromatic N) is 1.